The molecule has 0 spiro atoms. The van der Waals surface area contributed by atoms with Crippen LogP contribution in [0, 0.1) is 0 Å². The van der Waals surface area contributed by atoms with Crippen LogP contribution in [0.1, 0.15) is 58.2 Å². The Balaban J connectivity index is 1.95. The topological polar surface area (TPSA) is 9.23 Å². The monoisotopic (exact) mass is 380 g/mol. The van der Waals surface area contributed by atoms with Crippen molar-refractivity contribution in [3.05, 3.63) is 65.2 Å². The maximum absolute atomic E-state index is 15.0. The number of fused-ring (bicyclic) bond motifs is 5. The summed E-state index contributed by atoms with van der Waals surface area (Å²) < 4.78 is 35.4. The predicted octanol–water partition coefficient (Wildman–Crippen LogP) is 7.54. The van der Waals surface area contributed by atoms with Gasteiger partial charge in [-0.05, 0) is 45.0 Å². The molecule has 1 nitrogen and oxygen atoms in total. The highest BCUT2D eigenvalue weighted by molar-refractivity contribution is 5.97. The van der Waals surface area contributed by atoms with Crippen molar-refractivity contribution in [2.75, 3.05) is 0 Å². The molecule has 4 rings (SSSR count). The van der Waals surface area contributed by atoms with E-state index in [1.54, 1.807) is 12.1 Å². The summed E-state index contributed by atoms with van der Waals surface area (Å²) >= 11 is 0. The lowest BCUT2D eigenvalue weighted by Crippen LogP contribution is -2.27. The second kappa shape index (κ2) is 5.79. The fraction of sp³-hybridized carbons (Fsp3) is 0.360. The van der Waals surface area contributed by atoms with E-state index in [0.29, 0.717) is 5.56 Å². The first-order chi connectivity index (χ1) is 12.9. The maximum atomic E-state index is 15.0. The third-order valence-electron chi connectivity index (χ3n) is 5.56. The van der Waals surface area contributed by atoms with Crippen LogP contribution >= 0.6 is 0 Å². The molecule has 1 heterocycles. The third-order valence-corrected chi connectivity index (χ3v) is 5.56. The van der Waals surface area contributed by atoms with E-state index in [1.807, 2.05) is 51.1 Å². The van der Waals surface area contributed by atoms with Gasteiger partial charge < -0.3 is 4.74 Å². The van der Waals surface area contributed by atoms with Gasteiger partial charge in [0.2, 0.25) is 0 Å². The van der Waals surface area contributed by atoms with E-state index < -0.39 is 6.11 Å². The molecule has 0 unspecified atom stereocenters. The van der Waals surface area contributed by atoms with Crippen molar-refractivity contribution in [2.45, 2.75) is 58.5 Å². The van der Waals surface area contributed by atoms with Crippen LogP contribution in [0.4, 0.5) is 8.78 Å². The molecular formula is C25H26F2O. The van der Waals surface area contributed by atoms with Crippen LogP contribution in [0.25, 0.3) is 21.9 Å². The van der Waals surface area contributed by atoms with Crippen molar-refractivity contribution >= 4 is 10.8 Å². The van der Waals surface area contributed by atoms with Crippen molar-refractivity contribution in [3.63, 3.8) is 0 Å². The number of hydrogen-bond acceptors (Lipinski definition) is 1. The molecule has 0 aliphatic carbocycles. The Hall–Kier alpha value is -2.42. The summed E-state index contributed by atoms with van der Waals surface area (Å²) in [6.45, 7) is 12.5. The summed E-state index contributed by atoms with van der Waals surface area (Å²) in [5, 5.41) is 1.63. The number of ether oxygens (including phenoxy) is 1. The summed E-state index contributed by atoms with van der Waals surface area (Å²) in [7, 11) is 0. The number of alkyl halides is 2. The smallest absolute Gasteiger partial charge is 0.427 e. The molecule has 0 saturated carbocycles. The molecule has 0 amide bonds. The zero-order valence-corrected chi connectivity index (χ0v) is 17.3. The van der Waals surface area contributed by atoms with Crippen LogP contribution in [-0.4, -0.2) is 0 Å². The van der Waals surface area contributed by atoms with Gasteiger partial charge >= 0.3 is 6.11 Å². The second-order valence-corrected chi connectivity index (χ2v) is 9.76. The van der Waals surface area contributed by atoms with Gasteiger partial charge in [0.05, 0.1) is 5.56 Å². The zero-order valence-electron chi connectivity index (χ0n) is 17.3. The Labute approximate surface area is 165 Å². The van der Waals surface area contributed by atoms with Crippen LogP contribution in [0.2, 0.25) is 0 Å². The average Bonchev–Trinajstić information content (AvgIpc) is 2.59. The van der Waals surface area contributed by atoms with Crippen molar-refractivity contribution in [1.29, 1.82) is 0 Å². The molecule has 28 heavy (non-hydrogen) atoms. The van der Waals surface area contributed by atoms with Crippen LogP contribution < -0.4 is 4.74 Å². The Morgan fingerprint density at radius 1 is 0.714 bits per heavy atom. The molecule has 146 valence electrons. The summed E-state index contributed by atoms with van der Waals surface area (Å²) in [6, 6.07) is 15.2. The molecule has 1 aliphatic rings. The molecule has 0 aromatic heterocycles. The molecule has 0 N–H and O–H groups in total. The van der Waals surface area contributed by atoms with Gasteiger partial charge in [-0.15, -0.1) is 0 Å². The molecule has 3 aromatic carbocycles. The van der Waals surface area contributed by atoms with E-state index >= 15 is 8.78 Å². The molecular weight excluding hydrogens is 354 g/mol. The highest BCUT2D eigenvalue weighted by Gasteiger charge is 2.43. The summed E-state index contributed by atoms with van der Waals surface area (Å²) in [6.07, 6.45) is -3.36. The fourth-order valence-corrected chi connectivity index (χ4v) is 3.76. The number of hydrogen-bond donors (Lipinski definition) is 0. The standard InChI is InChI=1S/C25H26F2O/c1-23(2,3)16-8-11-18-15(13-16)7-10-20-19-12-9-17(24(4,5)6)14-21(19)25(26,27)28-22(18)20/h7-14H,1-6H3. The number of benzene rings is 3. The van der Waals surface area contributed by atoms with Gasteiger partial charge in [-0.3, -0.25) is 0 Å². The van der Waals surface area contributed by atoms with E-state index in [-0.39, 0.29) is 22.1 Å². The highest BCUT2D eigenvalue weighted by atomic mass is 19.3. The third kappa shape index (κ3) is 2.97. The molecule has 0 saturated heterocycles. The first kappa shape index (κ1) is 18.9. The van der Waals surface area contributed by atoms with Gasteiger partial charge in [-0.25, -0.2) is 0 Å². The number of halogens is 2. The van der Waals surface area contributed by atoms with Gasteiger partial charge in [-0.2, -0.15) is 8.78 Å². The highest BCUT2D eigenvalue weighted by Crippen LogP contribution is 2.50. The van der Waals surface area contributed by atoms with Crippen LogP contribution in [-0.2, 0) is 16.9 Å². The molecule has 3 aromatic rings. The van der Waals surface area contributed by atoms with E-state index in [9.17, 15) is 0 Å². The molecule has 1 aliphatic heterocycles. The average molecular weight is 380 g/mol. The van der Waals surface area contributed by atoms with E-state index in [1.165, 1.54) is 0 Å². The summed E-state index contributed by atoms with van der Waals surface area (Å²) in [5.41, 5.74) is 3.02. The van der Waals surface area contributed by atoms with Crippen molar-refractivity contribution in [3.8, 4) is 16.9 Å². The van der Waals surface area contributed by atoms with Gasteiger partial charge in [0.1, 0.15) is 5.75 Å². The molecule has 0 radical (unpaired) electrons. The molecule has 3 heteroatoms. The van der Waals surface area contributed by atoms with Crippen LogP contribution in [0.3, 0.4) is 0 Å². The first-order valence-electron chi connectivity index (χ1n) is 9.67. The predicted molar refractivity (Wildman–Crippen MR) is 111 cm³/mol. The van der Waals surface area contributed by atoms with Crippen LogP contribution in [0.5, 0.6) is 5.75 Å². The van der Waals surface area contributed by atoms with E-state index in [2.05, 4.69) is 26.8 Å². The summed E-state index contributed by atoms with van der Waals surface area (Å²) in [5.74, 6) is 0.263. The Morgan fingerprint density at radius 3 is 1.93 bits per heavy atom. The minimum absolute atomic E-state index is 0.00908. The lowest BCUT2D eigenvalue weighted by Gasteiger charge is -2.31. The van der Waals surface area contributed by atoms with Gasteiger partial charge in [0.25, 0.3) is 0 Å². The lowest BCUT2D eigenvalue weighted by atomic mass is 9.82. The fourth-order valence-electron chi connectivity index (χ4n) is 3.76. The molecule has 0 bridgehead atoms. The van der Waals surface area contributed by atoms with E-state index in [4.69, 9.17) is 4.74 Å². The van der Waals surface area contributed by atoms with Crippen molar-refractivity contribution in [1.82, 2.24) is 0 Å². The van der Waals surface area contributed by atoms with Crippen LogP contribution in [0.15, 0.2) is 48.5 Å². The zero-order chi connectivity index (χ0) is 20.5. The summed E-state index contributed by atoms with van der Waals surface area (Å²) in [4.78, 5) is 0. The number of rotatable bonds is 0. The Bertz CT molecular complexity index is 1080. The minimum Gasteiger partial charge on any atom is -0.428 e. The van der Waals surface area contributed by atoms with Gasteiger partial charge in [0.15, 0.2) is 0 Å². The Morgan fingerprint density at radius 2 is 1.29 bits per heavy atom. The maximum Gasteiger partial charge on any atom is 0.427 e. The van der Waals surface area contributed by atoms with E-state index in [0.717, 1.165) is 27.5 Å². The first-order valence-corrected chi connectivity index (χ1v) is 9.67. The second-order valence-electron chi connectivity index (χ2n) is 9.76. The normalized spacial score (nSPS) is 15.7. The lowest BCUT2D eigenvalue weighted by molar-refractivity contribution is -0.186. The SMILES string of the molecule is CC(C)(C)c1ccc2c(c1)C(F)(F)Oc1c-2ccc2cc(C(C)(C)C)ccc12. The van der Waals surface area contributed by atoms with Gasteiger partial charge in [-0.1, -0.05) is 77.9 Å². The quantitative estimate of drug-likeness (QED) is 0.391. The minimum atomic E-state index is -3.36. The Kier molecular flexibility index (Phi) is 3.91. The molecule has 0 fully saturated rings. The van der Waals surface area contributed by atoms with Gasteiger partial charge in [0, 0.05) is 10.9 Å². The molecule has 0 atom stereocenters. The largest absolute Gasteiger partial charge is 0.428 e. The van der Waals surface area contributed by atoms with Crippen molar-refractivity contribution in [2.24, 2.45) is 0 Å². The van der Waals surface area contributed by atoms with Crippen molar-refractivity contribution < 1.29 is 13.5 Å².